The van der Waals surface area contributed by atoms with E-state index in [-0.39, 0.29) is 12.1 Å². The van der Waals surface area contributed by atoms with Crippen molar-refractivity contribution in [3.05, 3.63) is 71.3 Å². The van der Waals surface area contributed by atoms with Crippen LogP contribution in [-0.4, -0.2) is 18.5 Å². The average molecular weight is 347 g/mol. The zero-order valence-electron chi connectivity index (χ0n) is 13.7. The summed E-state index contributed by atoms with van der Waals surface area (Å²) in [5.74, 6) is -1.90. The Labute approximate surface area is 144 Å². The lowest BCUT2D eigenvalue weighted by Gasteiger charge is -2.15. The second-order valence-corrected chi connectivity index (χ2v) is 5.48. The van der Waals surface area contributed by atoms with Crippen LogP contribution < -0.4 is 16.0 Å². The molecule has 0 aliphatic heterocycles. The van der Waals surface area contributed by atoms with Gasteiger partial charge in [0.1, 0.15) is 11.6 Å². The molecule has 3 amide bonds. The molecule has 0 aliphatic carbocycles. The fraction of sp³-hybridized carbons (Fsp3) is 0.222. The Morgan fingerprint density at radius 3 is 2.44 bits per heavy atom. The van der Waals surface area contributed by atoms with Gasteiger partial charge in [0.25, 0.3) is 0 Å². The van der Waals surface area contributed by atoms with E-state index >= 15 is 0 Å². The lowest BCUT2D eigenvalue weighted by Crippen LogP contribution is -2.42. The second kappa shape index (κ2) is 8.77. The van der Waals surface area contributed by atoms with Crippen molar-refractivity contribution >= 4 is 11.9 Å². The van der Waals surface area contributed by atoms with Crippen LogP contribution in [0.3, 0.4) is 0 Å². The Hall–Kier alpha value is -2.96. The molecule has 25 heavy (non-hydrogen) atoms. The predicted octanol–water partition coefficient (Wildman–Crippen LogP) is 2.64. The maximum absolute atomic E-state index is 13.7. The zero-order chi connectivity index (χ0) is 18.2. The first-order valence-corrected chi connectivity index (χ1v) is 7.75. The van der Waals surface area contributed by atoms with E-state index in [1.165, 1.54) is 6.07 Å². The van der Waals surface area contributed by atoms with Crippen molar-refractivity contribution < 1.29 is 18.4 Å². The molecule has 0 radical (unpaired) electrons. The molecule has 0 spiro atoms. The zero-order valence-corrected chi connectivity index (χ0v) is 13.7. The van der Waals surface area contributed by atoms with Gasteiger partial charge < -0.3 is 16.0 Å². The number of hydrogen-bond donors (Lipinski definition) is 3. The minimum atomic E-state index is -0.735. The molecule has 5 nitrogen and oxygen atoms in total. The average Bonchev–Trinajstić information content (AvgIpc) is 2.59. The van der Waals surface area contributed by atoms with E-state index in [1.54, 1.807) is 6.92 Å². The van der Waals surface area contributed by atoms with Crippen molar-refractivity contribution in [1.82, 2.24) is 16.0 Å². The van der Waals surface area contributed by atoms with Gasteiger partial charge >= 0.3 is 6.03 Å². The van der Waals surface area contributed by atoms with Crippen molar-refractivity contribution in [2.24, 2.45) is 0 Å². The first kappa shape index (κ1) is 18.4. The minimum absolute atomic E-state index is 0.170. The number of rotatable bonds is 6. The Bertz CT molecular complexity index is 738. The quantitative estimate of drug-likeness (QED) is 0.752. The number of halogens is 2. The van der Waals surface area contributed by atoms with Gasteiger partial charge in [-0.3, -0.25) is 4.79 Å². The fourth-order valence-electron chi connectivity index (χ4n) is 2.22. The highest BCUT2D eigenvalue weighted by atomic mass is 19.1. The van der Waals surface area contributed by atoms with Crippen molar-refractivity contribution in [2.45, 2.75) is 19.5 Å². The van der Waals surface area contributed by atoms with Gasteiger partial charge in [0, 0.05) is 18.2 Å². The van der Waals surface area contributed by atoms with Crippen LogP contribution in [0.25, 0.3) is 0 Å². The summed E-state index contributed by atoms with van der Waals surface area (Å²) < 4.78 is 26.6. The molecule has 2 rings (SSSR count). The molecule has 3 N–H and O–H groups in total. The summed E-state index contributed by atoms with van der Waals surface area (Å²) in [6.45, 7) is 1.66. The molecule has 0 aromatic heterocycles. The summed E-state index contributed by atoms with van der Waals surface area (Å²) in [5.41, 5.74) is 1.10. The lowest BCUT2D eigenvalue weighted by atomic mass is 10.1. The maximum Gasteiger partial charge on any atom is 0.315 e. The summed E-state index contributed by atoms with van der Waals surface area (Å²) in [6, 6.07) is 11.3. The number of nitrogens with one attached hydrogen (secondary N) is 3. The number of urea groups is 1. The Morgan fingerprint density at radius 2 is 1.76 bits per heavy atom. The Balaban J connectivity index is 1.75. The van der Waals surface area contributed by atoms with Crippen molar-refractivity contribution in [3.8, 4) is 0 Å². The largest absolute Gasteiger partial charge is 0.348 e. The maximum atomic E-state index is 13.7. The van der Waals surface area contributed by atoms with E-state index < -0.39 is 29.6 Å². The van der Waals surface area contributed by atoms with Crippen LogP contribution >= 0.6 is 0 Å². The summed E-state index contributed by atoms with van der Waals surface area (Å²) >= 11 is 0. The summed E-state index contributed by atoms with van der Waals surface area (Å²) in [6.07, 6.45) is 0. The van der Waals surface area contributed by atoms with E-state index in [0.717, 1.165) is 17.7 Å². The highest BCUT2D eigenvalue weighted by molar-refractivity contribution is 5.84. The first-order valence-electron chi connectivity index (χ1n) is 7.75. The van der Waals surface area contributed by atoms with Crippen LogP contribution in [0.15, 0.2) is 48.5 Å². The van der Waals surface area contributed by atoms with Crippen molar-refractivity contribution in [2.75, 3.05) is 6.54 Å². The topological polar surface area (TPSA) is 70.2 Å². The van der Waals surface area contributed by atoms with Gasteiger partial charge in [0.05, 0.1) is 12.6 Å². The SMILES string of the molecule is C[C@@H](NC(=O)CNC(=O)NCc1ccccc1)c1ccc(F)cc1F. The Kier molecular flexibility index (Phi) is 6.45. The van der Waals surface area contributed by atoms with Crippen molar-refractivity contribution in [1.29, 1.82) is 0 Å². The van der Waals surface area contributed by atoms with Gasteiger partial charge in [-0.25, -0.2) is 13.6 Å². The highest BCUT2D eigenvalue weighted by Gasteiger charge is 2.14. The minimum Gasteiger partial charge on any atom is -0.348 e. The first-order chi connectivity index (χ1) is 12.0. The number of carbonyl (C=O) groups is 2. The molecule has 0 saturated carbocycles. The normalized spacial score (nSPS) is 11.5. The number of benzene rings is 2. The van der Waals surface area contributed by atoms with Crippen LogP contribution in [0.2, 0.25) is 0 Å². The molecule has 0 fully saturated rings. The predicted molar refractivity (Wildman–Crippen MR) is 89.6 cm³/mol. The summed E-state index contributed by atoms with van der Waals surface area (Å²) in [7, 11) is 0. The summed E-state index contributed by atoms with van der Waals surface area (Å²) in [5, 5.41) is 7.58. The number of hydrogen-bond acceptors (Lipinski definition) is 2. The molecule has 0 saturated heterocycles. The van der Waals surface area contributed by atoms with Crippen molar-refractivity contribution in [3.63, 3.8) is 0 Å². The molecular weight excluding hydrogens is 328 g/mol. The van der Waals surface area contributed by atoms with Crippen LogP contribution in [0.5, 0.6) is 0 Å². The van der Waals surface area contributed by atoms with E-state index in [0.29, 0.717) is 6.54 Å². The molecule has 0 unspecified atom stereocenters. The molecule has 132 valence electrons. The lowest BCUT2D eigenvalue weighted by molar-refractivity contribution is -0.120. The second-order valence-electron chi connectivity index (χ2n) is 5.48. The third-order valence-electron chi connectivity index (χ3n) is 3.51. The van der Waals surface area contributed by atoms with E-state index in [4.69, 9.17) is 0 Å². The van der Waals surface area contributed by atoms with Crippen LogP contribution in [0.1, 0.15) is 24.1 Å². The van der Waals surface area contributed by atoms with Crippen LogP contribution in [0, 0.1) is 11.6 Å². The fourth-order valence-corrected chi connectivity index (χ4v) is 2.22. The van der Waals surface area contributed by atoms with E-state index in [1.807, 2.05) is 30.3 Å². The molecule has 2 aromatic rings. The van der Waals surface area contributed by atoms with Gasteiger partial charge in [0.2, 0.25) is 5.91 Å². The van der Waals surface area contributed by atoms with Gasteiger partial charge in [-0.15, -0.1) is 0 Å². The van der Waals surface area contributed by atoms with E-state index in [2.05, 4.69) is 16.0 Å². The van der Waals surface area contributed by atoms with Crippen LogP contribution in [0.4, 0.5) is 13.6 Å². The smallest absolute Gasteiger partial charge is 0.315 e. The van der Waals surface area contributed by atoms with Gasteiger partial charge in [-0.1, -0.05) is 36.4 Å². The third kappa shape index (κ3) is 5.87. The van der Waals surface area contributed by atoms with Gasteiger partial charge in [-0.05, 0) is 18.6 Å². The molecule has 1 atom stereocenters. The molecule has 7 heteroatoms. The highest BCUT2D eigenvalue weighted by Crippen LogP contribution is 2.17. The number of amides is 3. The monoisotopic (exact) mass is 347 g/mol. The standard InChI is InChI=1S/C18H19F2N3O2/c1-12(15-8-7-14(19)9-16(15)20)23-17(24)11-22-18(25)21-10-13-5-3-2-4-6-13/h2-9,12H,10-11H2,1H3,(H,23,24)(H2,21,22,25)/t12-/m1/s1. The van der Waals surface area contributed by atoms with Gasteiger partial charge in [0.15, 0.2) is 0 Å². The van der Waals surface area contributed by atoms with Crippen LogP contribution in [-0.2, 0) is 11.3 Å². The number of carbonyl (C=O) groups excluding carboxylic acids is 2. The molecule has 0 aliphatic rings. The molecular formula is C18H19F2N3O2. The molecule has 2 aromatic carbocycles. The Morgan fingerprint density at radius 1 is 1.04 bits per heavy atom. The molecule has 0 heterocycles. The van der Waals surface area contributed by atoms with E-state index in [9.17, 15) is 18.4 Å². The third-order valence-corrected chi connectivity index (χ3v) is 3.51. The van der Waals surface area contributed by atoms with Gasteiger partial charge in [-0.2, -0.15) is 0 Å². The molecule has 0 bridgehead atoms. The summed E-state index contributed by atoms with van der Waals surface area (Å²) in [4.78, 5) is 23.5.